The molecule has 0 spiro atoms. The van der Waals surface area contributed by atoms with Crippen LogP contribution in [0, 0.1) is 5.92 Å². The zero-order valence-electron chi connectivity index (χ0n) is 11.3. The Labute approximate surface area is 109 Å². The normalized spacial score (nSPS) is 26.4. The highest BCUT2D eigenvalue weighted by atomic mass is 16.5. The van der Waals surface area contributed by atoms with Gasteiger partial charge in [0.1, 0.15) is 6.04 Å². The molecule has 2 aliphatic rings. The number of carbonyl (C=O) groups is 1. The molecule has 2 unspecified atom stereocenters. The number of carbonyl (C=O) groups excluding carboxylic acids is 1. The Morgan fingerprint density at radius 2 is 2.11 bits per heavy atom. The molecule has 1 aliphatic heterocycles. The molecule has 0 aromatic rings. The summed E-state index contributed by atoms with van der Waals surface area (Å²) in [6.07, 6.45) is 7.28. The second-order valence-electron chi connectivity index (χ2n) is 5.32. The molecule has 1 saturated heterocycles. The van der Waals surface area contributed by atoms with Crippen molar-refractivity contribution in [3.05, 3.63) is 0 Å². The molecule has 2 fully saturated rings. The molecule has 2 atom stereocenters. The molecule has 0 aromatic carbocycles. The van der Waals surface area contributed by atoms with E-state index in [0.29, 0.717) is 12.5 Å². The van der Waals surface area contributed by atoms with Crippen LogP contribution in [0.5, 0.6) is 0 Å². The molecule has 0 radical (unpaired) electrons. The molecule has 2 rings (SSSR count). The van der Waals surface area contributed by atoms with Gasteiger partial charge in [0.05, 0.1) is 12.7 Å². The van der Waals surface area contributed by atoms with Crippen molar-refractivity contribution in [2.75, 3.05) is 19.8 Å². The molecule has 1 heterocycles. The van der Waals surface area contributed by atoms with E-state index in [1.807, 2.05) is 6.92 Å². The first-order chi connectivity index (χ1) is 8.81. The summed E-state index contributed by atoms with van der Waals surface area (Å²) >= 11 is 0. The van der Waals surface area contributed by atoms with E-state index < -0.39 is 0 Å². The zero-order chi connectivity index (χ0) is 12.8. The summed E-state index contributed by atoms with van der Waals surface area (Å²) in [5.41, 5.74) is 0. The molecule has 4 nitrogen and oxygen atoms in total. The van der Waals surface area contributed by atoms with Crippen LogP contribution in [0.15, 0.2) is 0 Å². The maximum absolute atomic E-state index is 12.0. The minimum atomic E-state index is -0.128. The first-order valence-electron chi connectivity index (χ1n) is 7.33. The summed E-state index contributed by atoms with van der Waals surface area (Å²) in [6, 6.07) is -0.128. The standard InChI is InChI=1S/C14H25NO3/c1-2-17-14(16)13(11-6-3-4-7-11)15-10-12-8-5-9-18-12/h11-13,15H,2-10H2,1H3. The highest BCUT2D eigenvalue weighted by Gasteiger charge is 2.32. The topological polar surface area (TPSA) is 47.6 Å². The average Bonchev–Trinajstić information content (AvgIpc) is 3.01. The van der Waals surface area contributed by atoms with Crippen LogP contribution in [0.4, 0.5) is 0 Å². The van der Waals surface area contributed by atoms with E-state index in [-0.39, 0.29) is 18.1 Å². The van der Waals surface area contributed by atoms with E-state index in [1.165, 1.54) is 12.8 Å². The molecular weight excluding hydrogens is 230 g/mol. The Morgan fingerprint density at radius 1 is 1.33 bits per heavy atom. The van der Waals surface area contributed by atoms with Crippen LogP contribution < -0.4 is 5.32 Å². The quantitative estimate of drug-likeness (QED) is 0.736. The maximum Gasteiger partial charge on any atom is 0.323 e. The molecule has 1 N–H and O–H groups in total. The fourth-order valence-corrected chi connectivity index (χ4v) is 3.03. The third-order valence-electron chi connectivity index (χ3n) is 4.00. The van der Waals surface area contributed by atoms with Gasteiger partial charge in [0, 0.05) is 13.2 Å². The van der Waals surface area contributed by atoms with Crippen LogP contribution in [-0.2, 0) is 14.3 Å². The monoisotopic (exact) mass is 255 g/mol. The highest BCUT2D eigenvalue weighted by Crippen LogP contribution is 2.28. The number of rotatable bonds is 6. The Balaban J connectivity index is 1.84. The molecule has 1 saturated carbocycles. The predicted octanol–water partition coefficient (Wildman–Crippen LogP) is 1.88. The molecule has 0 amide bonds. The van der Waals surface area contributed by atoms with E-state index in [4.69, 9.17) is 9.47 Å². The zero-order valence-corrected chi connectivity index (χ0v) is 11.3. The highest BCUT2D eigenvalue weighted by molar-refractivity contribution is 5.76. The van der Waals surface area contributed by atoms with E-state index in [2.05, 4.69) is 5.32 Å². The molecule has 104 valence electrons. The van der Waals surface area contributed by atoms with Crippen molar-refractivity contribution in [2.24, 2.45) is 5.92 Å². The number of hydrogen-bond acceptors (Lipinski definition) is 4. The van der Waals surface area contributed by atoms with Gasteiger partial charge in [-0.3, -0.25) is 4.79 Å². The third-order valence-corrected chi connectivity index (χ3v) is 4.00. The van der Waals surface area contributed by atoms with Crippen LogP contribution in [0.2, 0.25) is 0 Å². The van der Waals surface area contributed by atoms with Gasteiger partial charge in [-0.1, -0.05) is 12.8 Å². The van der Waals surface area contributed by atoms with E-state index in [1.54, 1.807) is 0 Å². The minimum absolute atomic E-state index is 0.0811. The van der Waals surface area contributed by atoms with Crippen LogP contribution in [0.1, 0.15) is 45.4 Å². The first kappa shape index (κ1) is 13.8. The van der Waals surface area contributed by atoms with Gasteiger partial charge in [0.15, 0.2) is 0 Å². The maximum atomic E-state index is 12.0. The summed E-state index contributed by atoms with van der Waals surface area (Å²) in [4.78, 5) is 12.0. The lowest BCUT2D eigenvalue weighted by Crippen LogP contribution is -2.46. The van der Waals surface area contributed by atoms with Gasteiger partial charge in [0.2, 0.25) is 0 Å². The van der Waals surface area contributed by atoms with Crippen molar-refractivity contribution >= 4 is 5.97 Å². The van der Waals surface area contributed by atoms with Crippen LogP contribution in [-0.4, -0.2) is 37.9 Å². The summed E-state index contributed by atoms with van der Waals surface area (Å²) in [5.74, 6) is 0.368. The Morgan fingerprint density at radius 3 is 2.72 bits per heavy atom. The van der Waals surface area contributed by atoms with E-state index in [0.717, 1.165) is 38.8 Å². The summed E-state index contributed by atoms with van der Waals surface area (Å²) in [6.45, 7) is 3.97. The fourth-order valence-electron chi connectivity index (χ4n) is 3.03. The molecule has 0 bridgehead atoms. The molecule has 18 heavy (non-hydrogen) atoms. The second kappa shape index (κ2) is 7.10. The van der Waals surface area contributed by atoms with Gasteiger partial charge < -0.3 is 14.8 Å². The van der Waals surface area contributed by atoms with Gasteiger partial charge in [0.25, 0.3) is 0 Å². The van der Waals surface area contributed by atoms with Crippen LogP contribution in [0.3, 0.4) is 0 Å². The minimum Gasteiger partial charge on any atom is -0.465 e. The van der Waals surface area contributed by atoms with Crippen LogP contribution in [0.25, 0.3) is 0 Å². The van der Waals surface area contributed by atoms with Gasteiger partial charge in [-0.05, 0) is 38.5 Å². The average molecular weight is 255 g/mol. The van der Waals surface area contributed by atoms with Gasteiger partial charge in [-0.2, -0.15) is 0 Å². The summed E-state index contributed by atoms with van der Waals surface area (Å²) in [5, 5.41) is 3.39. The van der Waals surface area contributed by atoms with Crippen molar-refractivity contribution in [1.82, 2.24) is 5.32 Å². The lowest BCUT2D eigenvalue weighted by molar-refractivity contribution is -0.147. The third kappa shape index (κ3) is 3.69. The Hall–Kier alpha value is -0.610. The summed E-state index contributed by atoms with van der Waals surface area (Å²) in [7, 11) is 0. The SMILES string of the molecule is CCOC(=O)C(NCC1CCCO1)C1CCCC1. The Bertz CT molecular complexity index is 258. The molecule has 4 heteroatoms. The smallest absolute Gasteiger partial charge is 0.323 e. The van der Waals surface area contributed by atoms with Crippen molar-refractivity contribution < 1.29 is 14.3 Å². The lowest BCUT2D eigenvalue weighted by atomic mass is 9.98. The lowest BCUT2D eigenvalue weighted by Gasteiger charge is -2.24. The van der Waals surface area contributed by atoms with E-state index in [9.17, 15) is 4.79 Å². The first-order valence-corrected chi connectivity index (χ1v) is 7.33. The van der Waals surface area contributed by atoms with E-state index >= 15 is 0 Å². The van der Waals surface area contributed by atoms with Crippen LogP contribution >= 0.6 is 0 Å². The van der Waals surface area contributed by atoms with Crippen molar-refractivity contribution in [2.45, 2.75) is 57.6 Å². The number of ether oxygens (including phenoxy) is 2. The van der Waals surface area contributed by atoms with Gasteiger partial charge in [-0.15, -0.1) is 0 Å². The van der Waals surface area contributed by atoms with Crippen molar-refractivity contribution in [1.29, 1.82) is 0 Å². The second-order valence-corrected chi connectivity index (χ2v) is 5.32. The van der Waals surface area contributed by atoms with Crippen molar-refractivity contribution in [3.63, 3.8) is 0 Å². The summed E-state index contributed by atoms with van der Waals surface area (Å²) < 4.78 is 10.8. The molecular formula is C14H25NO3. The number of nitrogens with one attached hydrogen (secondary N) is 1. The van der Waals surface area contributed by atoms with Crippen molar-refractivity contribution in [3.8, 4) is 0 Å². The predicted molar refractivity (Wildman–Crippen MR) is 69.4 cm³/mol. The fraction of sp³-hybridized carbons (Fsp3) is 0.929. The molecule has 0 aromatic heterocycles. The largest absolute Gasteiger partial charge is 0.465 e. The number of hydrogen-bond donors (Lipinski definition) is 1. The van der Waals surface area contributed by atoms with Gasteiger partial charge in [-0.25, -0.2) is 0 Å². The number of esters is 1. The molecule has 1 aliphatic carbocycles. The van der Waals surface area contributed by atoms with Gasteiger partial charge >= 0.3 is 5.97 Å². The Kier molecular flexibility index (Phi) is 5.45.